The summed E-state index contributed by atoms with van der Waals surface area (Å²) in [6, 6.07) is 10.9. The number of aryl methyl sites for hydroxylation is 1. The van der Waals surface area contributed by atoms with Gasteiger partial charge in [0, 0.05) is 42.7 Å². The first kappa shape index (κ1) is 17.7. The second kappa shape index (κ2) is 7.73. The Morgan fingerprint density at radius 1 is 1.17 bits per heavy atom. The van der Waals surface area contributed by atoms with E-state index in [-0.39, 0.29) is 17.7 Å². The zero-order valence-electron chi connectivity index (χ0n) is 14.5. The Hall–Kier alpha value is -2.69. The molecular formula is C19H23N3O2. The Morgan fingerprint density at radius 3 is 2.42 bits per heavy atom. The van der Waals surface area contributed by atoms with Crippen LogP contribution in [0, 0.1) is 12.8 Å². The van der Waals surface area contributed by atoms with Crippen LogP contribution in [-0.2, 0) is 11.3 Å². The minimum Gasteiger partial charge on any atom is -0.341 e. The summed E-state index contributed by atoms with van der Waals surface area (Å²) in [6.07, 6.45) is 1.66. The van der Waals surface area contributed by atoms with Crippen molar-refractivity contribution < 1.29 is 9.59 Å². The highest BCUT2D eigenvalue weighted by Crippen LogP contribution is 2.12. The molecule has 5 nitrogen and oxygen atoms in total. The van der Waals surface area contributed by atoms with Gasteiger partial charge in [0.15, 0.2) is 0 Å². The fourth-order valence-electron chi connectivity index (χ4n) is 2.38. The van der Waals surface area contributed by atoms with Crippen LogP contribution in [0.1, 0.15) is 35.5 Å². The molecule has 0 aliphatic carbocycles. The van der Waals surface area contributed by atoms with E-state index in [2.05, 4.69) is 10.3 Å². The number of carbonyl (C=O) groups is 2. The van der Waals surface area contributed by atoms with Gasteiger partial charge in [-0.15, -0.1) is 0 Å². The third kappa shape index (κ3) is 4.65. The predicted molar refractivity (Wildman–Crippen MR) is 94.7 cm³/mol. The standard InChI is InChI=1S/C19H23N3O2/c1-13(2)19(24)22(4)12-15-5-7-16(8-6-15)18(23)21-17-9-10-20-14(3)11-17/h5-11,13H,12H2,1-4H3,(H,20,21,23). The molecule has 0 fully saturated rings. The number of hydrogen-bond acceptors (Lipinski definition) is 3. The number of nitrogens with zero attached hydrogens (tertiary/aromatic N) is 2. The normalized spacial score (nSPS) is 10.5. The molecule has 24 heavy (non-hydrogen) atoms. The third-order valence-electron chi connectivity index (χ3n) is 3.66. The van der Waals surface area contributed by atoms with Crippen molar-refractivity contribution in [2.24, 2.45) is 5.92 Å². The van der Waals surface area contributed by atoms with Gasteiger partial charge in [0.05, 0.1) is 0 Å². The lowest BCUT2D eigenvalue weighted by Crippen LogP contribution is -2.29. The Bertz CT molecular complexity index is 724. The Morgan fingerprint density at radius 2 is 1.83 bits per heavy atom. The van der Waals surface area contributed by atoms with E-state index in [4.69, 9.17) is 0 Å². The first-order chi connectivity index (χ1) is 11.4. The number of benzene rings is 1. The minimum atomic E-state index is -0.168. The summed E-state index contributed by atoms with van der Waals surface area (Å²) >= 11 is 0. The van der Waals surface area contributed by atoms with Gasteiger partial charge in [0.25, 0.3) is 5.91 Å². The van der Waals surface area contributed by atoms with Crippen LogP contribution in [0.15, 0.2) is 42.6 Å². The molecule has 1 heterocycles. The highest BCUT2D eigenvalue weighted by molar-refractivity contribution is 6.04. The Balaban J connectivity index is 2.01. The van der Waals surface area contributed by atoms with E-state index in [1.54, 1.807) is 36.3 Å². The zero-order chi connectivity index (χ0) is 17.7. The maximum Gasteiger partial charge on any atom is 0.255 e. The fraction of sp³-hybridized carbons (Fsp3) is 0.316. The van der Waals surface area contributed by atoms with E-state index in [9.17, 15) is 9.59 Å². The monoisotopic (exact) mass is 325 g/mol. The summed E-state index contributed by atoms with van der Waals surface area (Å²) in [5.41, 5.74) is 3.13. The minimum absolute atomic E-state index is 0.0242. The third-order valence-corrected chi connectivity index (χ3v) is 3.66. The first-order valence-corrected chi connectivity index (χ1v) is 7.94. The van der Waals surface area contributed by atoms with Crippen LogP contribution in [0.4, 0.5) is 5.69 Å². The van der Waals surface area contributed by atoms with Crippen molar-refractivity contribution >= 4 is 17.5 Å². The average Bonchev–Trinajstić information content (AvgIpc) is 2.54. The Kier molecular flexibility index (Phi) is 5.68. The number of carbonyl (C=O) groups excluding carboxylic acids is 2. The molecule has 0 spiro atoms. The molecule has 0 aliphatic rings. The summed E-state index contributed by atoms with van der Waals surface area (Å²) < 4.78 is 0. The number of aromatic nitrogens is 1. The summed E-state index contributed by atoms with van der Waals surface area (Å²) in [5, 5.41) is 2.85. The second-order valence-electron chi connectivity index (χ2n) is 6.19. The van der Waals surface area contributed by atoms with Crippen molar-refractivity contribution in [1.29, 1.82) is 0 Å². The summed E-state index contributed by atoms with van der Waals surface area (Å²) in [7, 11) is 1.79. The number of pyridine rings is 1. The van der Waals surface area contributed by atoms with Crippen LogP contribution in [0.3, 0.4) is 0 Å². The molecule has 1 aromatic heterocycles. The highest BCUT2D eigenvalue weighted by Gasteiger charge is 2.13. The van der Waals surface area contributed by atoms with E-state index in [1.807, 2.05) is 39.0 Å². The molecule has 2 amide bonds. The van der Waals surface area contributed by atoms with Crippen molar-refractivity contribution in [2.75, 3.05) is 12.4 Å². The molecule has 0 atom stereocenters. The van der Waals surface area contributed by atoms with Crippen LogP contribution in [0.2, 0.25) is 0 Å². The molecule has 0 saturated carbocycles. The maximum absolute atomic E-state index is 12.3. The summed E-state index contributed by atoms with van der Waals surface area (Å²) in [4.78, 5) is 30.0. The molecule has 0 unspecified atom stereocenters. The number of hydrogen-bond donors (Lipinski definition) is 1. The van der Waals surface area contributed by atoms with Crippen LogP contribution in [-0.4, -0.2) is 28.7 Å². The molecule has 0 radical (unpaired) electrons. The second-order valence-corrected chi connectivity index (χ2v) is 6.19. The van der Waals surface area contributed by atoms with Crippen molar-refractivity contribution in [2.45, 2.75) is 27.3 Å². The van der Waals surface area contributed by atoms with Crippen LogP contribution in [0.25, 0.3) is 0 Å². The SMILES string of the molecule is Cc1cc(NC(=O)c2ccc(CN(C)C(=O)C(C)C)cc2)ccn1. The van der Waals surface area contributed by atoms with E-state index in [0.717, 1.165) is 16.9 Å². The molecule has 5 heteroatoms. The van der Waals surface area contributed by atoms with Crippen molar-refractivity contribution in [1.82, 2.24) is 9.88 Å². The summed E-state index contributed by atoms with van der Waals surface area (Å²) in [5.74, 6) is -0.0903. The van der Waals surface area contributed by atoms with Gasteiger partial charge in [-0.2, -0.15) is 0 Å². The quantitative estimate of drug-likeness (QED) is 0.918. The van der Waals surface area contributed by atoms with Gasteiger partial charge in [0.1, 0.15) is 0 Å². The van der Waals surface area contributed by atoms with Crippen molar-refractivity contribution in [3.05, 3.63) is 59.4 Å². The maximum atomic E-state index is 12.3. The summed E-state index contributed by atoms with van der Waals surface area (Å²) in [6.45, 7) is 6.17. The first-order valence-electron chi connectivity index (χ1n) is 7.94. The van der Waals surface area contributed by atoms with Gasteiger partial charge in [-0.25, -0.2) is 0 Å². The lowest BCUT2D eigenvalue weighted by Gasteiger charge is -2.19. The fourth-order valence-corrected chi connectivity index (χ4v) is 2.38. The number of anilines is 1. The molecule has 2 rings (SSSR count). The Labute approximate surface area is 142 Å². The van der Waals surface area contributed by atoms with Gasteiger partial charge in [-0.1, -0.05) is 26.0 Å². The van der Waals surface area contributed by atoms with Crippen LogP contribution in [0.5, 0.6) is 0 Å². The van der Waals surface area contributed by atoms with Gasteiger partial charge in [0.2, 0.25) is 5.91 Å². The molecule has 2 aromatic rings. The highest BCUT2D eigenvalue weighted by atomic mass is 16.2. The number of amides is 2. The topological polar surface area (TPSA) is 62.3 Å². The number of nitrogens with one attached hydrogen (secondary N) is 1. The van der Waals surface area contributed by atoms with Gasteiger partial charge in [-0.05, 0) is 36.8 Å². The molecule has 1 aromatic carbocycles. The van der Waals surface area contributed by atoms with Crippen LogP contribution >= 0.6 is 0 Å². The number of rotatable bonds is 5. The smallest absolute Gasteiger partial charge is 0.255 e. The largest absolute Gasteiger partial charge is 0.341 e. The molecule has 0 saturated heterocycles. The molecule has 0 bridgehead atoms. The lowest BCUT2D eigenvalue weighted by atomic mass is 10.1. The van der Waals surface area contributed by atoms with Gasteiger partial charge < -0.3 is 10.2 Å². The predicted octanol–water partition coefficient (Wildman–Crippen LogP) is 3.26. The molecule has 0 aliphatic heterocycles. The van der Waals surface area contributed by atoms with E-state index in [0.29, 0.717) is 12.1 Å². The average molecular weight is 325 g/mol. The van der Waals surface area contributed by atoms with Crippen molar-refractivity contribution in [3.8, 4) is 0 Å². The molecule has 1 N–H and O–H groups in total. The van der Waals surface area contributed by atoms with Gasteiger partial charge in [-0.3, -0.25) is 14.6 Å². The van der Waals surface area contributed by atoms with Gasteiger partial charge >= 0.3 is 0 Å². The lowest BCUT2D eigenvalue weighted by molar-refractivity contribution is -0.133. The van der Waals surface area contributed by atoms with E-state index >= 15 is 0 Å². The van der Waals surface area contributed by atoms with Crippen molar-refractivity contribution in [3.63, 3.8) is 0 Å². The van der Waals surface area contributed by atoms with Crippen LogP contribution < -0.4 is 5.32 Å². The molecular weight excluding hydrogens is 302 g/mol. The van der Waals surface area contributed by atoms with E-state index < -0.39 is 0 Å². The molecule has 126 valence electrons. The zero-order valence-corrected chi connectivity index (χ0v) is 14.5. The van der Waals surface area contributed by atoms with E-state index in [1.165, 1.54) is 0 Å².